The van der Waals surface area contributed by atoms with Gasteiger partial charge in [-0.25, -0.2) is 4.98 Å². The minimum absolute atomic E-state index is 0.141. The number of thiazole rings is 1. The second kappa shape index (κ2) is 34.3. The van der Waals surface area contributed by atoms with E-state index in [2.05, 4.69) is 356 Å². The van der Waals surface area contributed by atoms with Gasteiger partial charge >= 0.3 is 0 Å². The van der Waals surface area contributed by atoms with Crippen molar-refractivity contribution in [3.05, 3.63) is 245 Å². The second-order valence-electron chi connectivity index (χ2n) is 34.0. The van der Waals surface area contributed by atoms with Gasteiger partial charge in [-0.2, -0.15) is 0 Å². The molecule has 1 aliphatic heterocycles. The van der Waals surface area contributed by atoms with Crippen LogP contribution in [0.1, 0.15) is 194 Å². The molecule has 0 fully saturated rings. The van der Waals surface area contributed by atoms with Gasteiger partial charge in [0.15, 0.2) is 0 Å². The van der Waals surface area contributed by atoms with Crippen LogP contribution < -0.4 is 10.7 Å². The van der Waals surface area contributed by atoms with Gasteiger partial charge in [-0.15, -0.1) is 11.3 Å². The molecule has 7 aromatic carbocycles. The first kappa shape index (κ1) is 79.4. The lowest BCUT2D eigenvalue weighted by Crippen LogP contribution is -2.32. The van der Waals surface area contributed by atoms with Gasteiger partial charge in [0, 0.05) is 65.6 Å². The monoisotopic (exact) mass is 1320 g/mol. The summed E-state index contributed by atoms with van der Waals surface area (Å²) >= 11 is 1.71. The van der Waals surface area contributed by atoms with Crippen molar-refractivity contribution in [2.75, 3.05) is 6.67 Å². The maximum absolute atomic E-state index is 5.53. The van der Waals surface area contributed by atoms with E-state index in [-0.39, 0.29) is 21.7 Å². The average Bonchev–Trinajstić information content (AvgIpc) is 1.70. The predicted molar refractivity (Wildman–Crippen MR) is 425 cm³/mol. The van der Waals surface area contributed by atoms with Crippen molar-refractivity contribution in [3.63, 3.8) is 0 Å². The molecule has 0 spiro atoms. The molecule has 1 N–H and O–H groups in total. The van der Waals surface area contributed by atoms with Gasteiger partial charge in [-0.3, -0.25) is 9.98 Å². The van der Waals surface area contributed by atoms with Crippen molar-refractivity contribution in [2.24, 2.45) is 40.3 Å². The molecule has 7 heterocycles. The molecule has 0 bridgehead atoms. The minimum Gasteiger partial charge on any atom is -0.464 e. The van der Waals surface area contributed by atoms with E-state index < -0.39 is 0 Å². The molecule has 0 amide bonds. The van der Waals surface area contributed by atoms with Crippen molar-refractivity contribution in [1.29, 1.82) is 0 Å². The molecule has 97 heavy (non-hydrogen) atoms. The minimum atomic E-state index is 0.141. The second-order valence-corrected chi connectivity index (χ2v) is 34.9. The molecular formula is C88H118N6O2S. The van der Waals surface area contributed by atoms with Crippen molar-refractivity contribution >= 4 is 76.2 Å². The topological polar surface area (TPSA) is 89.5 Å². The molecule has 0 saturated heterocycles. The molecule has 0 atom stereocenters. The van der Waals surface area contributed by atoms with Gasteiger partial charge in [-0.1, -0.05) is 269 Å². The molecule has 13 aromatic rings. The van der Waals surface area contributed by atoms with E-state index in [9.17, 15) is 0 Å². The number of fused-ring (bicyclic) bond motifs is 7. The number of para-hydroxylation sites is 6. The Morgan fingerprint density at radius 1 is 0.412 bits per heavy atom. The van der Waals surface area contributed by atoms with E-state index in [1.807, 2.05) is 54.2 Å². The molecule has 14 rings (SSSR count). The molecule has 518 valence electrons. The summed E-state index contributed by atoms with van der Waals surface area (Å²) in [4.78, 5) is 16.4. The van der Waals surface area contributed by atoms with E-state index in [0.29, 0.717) is 22.9 Å². The zero-order valence-corrected chi connectivity index (χ0v) is 65.1. The number of hydrogen-bond donors (Lipinski definition) is 1. The highest BCUT2D eigenvalue weighted by Gasteiger charge is 2.21. The third-order valence-electron chi connectivity index (χ3n) is 14.3. The zero-order chi connectivity index (χ0) is 72.3. The van der Waals surface area contributed by atoms with Crippen LogP contribution in [0.2, 0.25) is 0 Å². The van der Waals surface area contributed by atoms with Crippen LogP contribution in [0.25, 0.3) is 64.9 Å². The van der Waals surface area contributed by atoms with Gasteiger partial charge < -0.3 is 23.0 Å². The van der Waals surface area contributed by atoms with Crippen LogP contribution in [0.4, 0.5) is 0 Å². The summed E-state index contributed by atoms with van der Waals surface area (Å²) in [7, 11) is 4.12. The first-order chi connectivity index (χ1) is 45.0. The maximum atomic E-state index is 5.53. The number of rotatable bonds is 0. The third kappa shape index (κ3) is 26.9. The Balaban J connectivity index is 0.000000198. The maximum Gasteiger partial charge on any atom is 0.137 e. The zero-order valence-electron chi connectivity index (χ0n) is 64.3. The normalized spacial score (nSPS) is 12.0. The molecule has 0 unspecified atom stereocenters. The van der Waals surface area contributed by atoms with Crippen LogP contribution in [-0.2, 0) is 35.8 Å². The molecule has 8 nitrogen and oxygen atoms in total. The lowest BCUT2D eigenvalue weighted by atomic mass is 9.85. The predicted octanol–water partition coefficient (Wildman–Crippen LogP) is 25.2. The third-order valence-corrected chi connectivity index (χ3v) is 15.1. The van der Waals surface area contributed by atoms with E-state index in [4.69, 9.17) is 8.83 Å². The van der Waals surface area contributed by atoms with Crippen LogP contribution >= 0.6 is 11.3 Å². The van der Waals surface area contributed by atoms with Crippen molar-refractivity contribution < 1.29 is 8.83 Å². The molecule has 9 heteroatoms. The molecule has 0 aliphatic carbocycles. The van der Waals surface area contributed by atoms with Crippen LogP contribution in [0, 0.1) is 23.2 Å². The van der Waals surface area contributed by atoms with Gasteiger partial charge in [0.05, 0.1) is 39.0 Å². The smallest absolute Gasteiger partial charge is 0.137 e. The molecule has 0 radical (unpaired) electrons. The molecule has 0 saturated carbocycles. The van der Waals surface area contributed by atoms with Gasteiger partial charge in [-0.05, 0) is 150 Å². The number of nitrogens with one attached hydrogen (secondary N) is 1. The highest BCUT2D eigenvalue weighted by atomic mass is 32.1. The highest BCUT2D eigenvalue weighted by Crippen LogP contribution is 2.33. The summed E-state index contributed by atoms with van der Waals surface area (Å²) in [6.45, 7) is 55.6. The number of aromatic amines is 1. The van der Waals surface area contributed by atoms with Crippen LogP contribution in [-0.4, -0.2) is 25.8 Å². The molecule has 1 aliphatic rings. The number of aromatic nitrogens is 4. The van der Waals surface area contributed by atoms with Crippen molar-refractivity contribution in [2.45, 2.75) is 195 Å². The Hall–Kier alpha value is -8.27. The summed E-state index contributed by atoms with van der Waals surface area (Å²) in [5.74, 6) is 0. The number of H-pyrrole nitrogens is 1. The van der Waals surface area contributed by atoms with Gasteiger partial charge in [0.1, 0.15) is 17.8 Å². The van der Waals surface area contributed by atoms with Gasteiger partial charge in [0.2, 0.25) is 0 Å². The SMILES string of the molecule is CC(C)(C)C.CC(C)(C)C.CC(C)(C)C.CC(C)(C)c1cccc2c1=NCN=2.CC(C)(C)c1cccc2cc[nH]c12.CC(C)(C)c1cccc2scnc12.Cc1cc(C(C)(C)C)c2occc2c1.Cn1ccc2ccccc21.Cn1ccc2ccccc21.c1ccc2occc2c1. The Bertz CT molecular complexity index is 4390. The van der Waals surface area contributed by atoms with E-state index in [1.165, 1.54) is 76.1 Å². The molecular weight excluding hydrogens is 1210 g/mol. The number of hydrogen-bond acceptors (Lipinski definition) is 6. The Morgan fingerprint density at radius 2 is 0.866 bits per heavy atom. The molecule has 6 aromatic heterocycles. The van der Waals surface area contributed by atoms with E-state index >= 15 is 0 Å². The lowest BCUT2D eigenvalue weighted by molar-refractivity contribution is 0.469. The summed E-state index contributed by atoms with van der Waals surface area (Å²) in [6, 6.07) is 58.5. The summed E-state index contributed by atoms with van der Waals surface area (Å²) < 4.78 is 16.2. The highest BCUT2D eigenvalue weighted by molar-refractivity contribution is 7.16. The summed E-state index contributed by atoms with van der Waals surface area (Å²) in [6.07, 6.45) is 9.61. The Kier molecular flexibility index (Phi) is 28.1. The van der Waals surface area contributed by atoms with Crippen LogP contribution in [0.3, 0.4) is 0 Å². The van der Waals surface area contributed by atoms with E-state index in [0.717, 1.165) is 27.3 Å². The van der Waals surface area contributed by atoms with Crippen LogP contribution in [0.5, 0.6) is 0 Å². The Labute approximate surface area is 587 Å². The summed E-state index contributed by atoms with van der Waals surface area (Å²) in [5, 5.41) is 8.43. The average molecular weight is 1320 g/mol. The fourth-order valence-electron chi connectivity index (χ4n) is 9.95. The number of nitrogens with zero attached hydrogens (tertiary/aromatic N) is 5. The standard InChI is InChI=1S/C13H16O.C12H15N.C11H14N2.C11H13NS.2C9H9N.C8H6O.3C5H12/c1-9-7-10-5-6-14-12(10)11(8-9)13(2,3)4;1-12(2,3)10-6-4-5-9-7-8-13-11(9)10;1-11(2,3)8-5-4-6-9-10(8)13-7-12-9;1-11(2,3)8-5-4-6-9-10(8)12-7-13-9;2*1-10-7-6-8-4-2-3-5-9(8)10;1-2-4-8-7(3-1)5-6-9-8;3*1-5(2,3)4/h5-8H,1-4H3;4-8,13H,1-3H3;4-6H,7H2,1-3H3;4-7H,1-3H3;2*2-7H,1H3;1-6H;3*1-4H3. The lowest BCUT2D eigenvalue weighted by Gasteiger charge is -2.19. The van der Waals surface area contributed by atoms with Gasteiger partial charge in [0.25, 0.3) is 0 Å². The fourth-order valence-corrected chi connectivity index (χ4v) is 10.7. The first-order valence-electron chi connectivity index (χ1n) is 34.3. The summed E-state index contributed by atoms with van der Waals surface area (Å²) in [5.41, 5.74) is 17.7. The van der Waals surface area contributed by atoms with Crippen LogP contribution in [0.15, 0.2) is 225 Å². The van der Waals surface area contributed by atoms with Crippen molar-refractivity contribution in [1.82, 2.24) is 19.1 Å². The van der Waals surface area contributed by atoms with E-state index in [1.54, 1.807) is 23.9 Å². The largest absolute Gasteiger partial charge is 0.464 e. The van der Waals surface area contributed by atoms with Crippen molar-refractivity contribution in [3.8, 4) is 0 Å². The number of benzene rings is 7. The quantitative estimate of drug-likeness (QED) is 0.164. The Morgan fingerprint density at radius 3 is 1.39 bits per heavy atom. The number of furan rings is 2. The number of aryl methyl sites for hydroxylation is 3. The fraction of sp³-hybridized carbons (Fsp3) is 0.398. The first-order valence-corrected chi connectivity index (χ1v) is 35.1.